The molecule has 25 heavy (non-hydrogen) atoms. The molecular weight excluding hydrogens is 436 g/mol. The van der Waals surface area contributed by atoms with Gasteiger partial charge in [-0.1, -0.05) is 8.64 Å². The fraction of sp³-hybridized carbons (Fsp3) is 0.889. The Kier molecular flexibility index (Phi) is 12.6. The van der Waals surface area contributed by atoms with Gasteiger partial charge in [0.25, 0.3) is 0 Å². The van der Waals surface area contributed by atoms with Gasteiger partial charge in [0.2, 0.25) is 0 Å². The zero-order valence-corrected chi connectivity index (χ0v) is 22.0. The molecule has 2 nitrogen and oxygen atoms in total. The van der Waals surface area contributed by atoms with Crippen LogP contribution in [0.15, 0.2) is 0 Å². The van der Waals surface area contributed by atoms with Gasteiger partial charge in [-0.05, 0) is 83.1 Å². The van der Waals surface area contributed by atoms with E-state index in [0.29, 0.717) is 8.64 Å². The van der Waals surface area contributed by atoms with Crippen LogP contribution < -0.4 is 0 Å². The van der Waals surface area contributed by atoms with Crippen molar-refractivity contribution in [1.29, 1.82) is 0 Å². The molecule has 0 aromatic carbocycles. The molecule has 0 aromatic rings. The van der Waals surface area contributed by atoms with Crippen molar-refractivity contribution in [2.75, 3.05) is 0 Å². The van der Waals surface area contributed by atoms with Gasteiger partial charge in [-0.2, -0.15) is 0 Å². The van der Waals surface area contributed by atoms with Crippen LogP contribution in [0.1, 0.15) is 83.1 Å². The molecule has 0 atom stereocenters. The second-order valence-electron chi connectivity index (χ2n) is 9.89. The van der Waals surface area contributed by atoms with Crippen molar-refractivity contribution >= 4 is 58.3 Å². The van der Waals surface area contributed by atoms with Crippen LogP contribution in [0.4, 0.5) is 0 Å². The maximum absolute atomic E-state index is 5.05. The number of thiocarbonyl (C=S) groups is 2. The quantitative estimate of drug-likeness (QED) is 0.262. The topological polar surface area (TPSA) is 6.48 Å². The van der Waals surface area contributed by atoms with E-state index in [-0.39, 0.29) is 39.2 Å². The minimum Gasteiger partial charge on any atom is -0.411 e. The molecule has 0 aromatic heterocycles. The predicted octanol–water partition coefficient (Wildman–Crippen LogP) is 5.43. The first kappa shape index (κ1) is 30.5. The molecule has 0 N–H and O–H groups in total. The summed E-state index contributed by atoms with van der Waals surface area (Å²) >= 11 is 20.2. The maximum Gasteiger partial charge on any atom is 2.00 e. The van der Waals surface area contributed by atoms with Gasteiger partial charge < -0.3 is 59.5 Å². The van der Waals surface area contributed by atoms with E-state index in [2.05, 4.69) is 92.9 Å². The SMILES string of the molecule is CC(C)(C)N(C(=S)[S-])C(C)(C)C.CC(C)(C)N(C(=S)[S-])C(C)(C)C.[Cu+2]. The third-order valence-corrected chi connectivity index (χ3v) is 3.78. The molecule has 0 aliphatic heterocycles. The van der Waals surface area contributed by atoms with Crippen molar-refractivity contribution in [3.05, 3.63) is 0 Å². The van der Waals surface area contributed by atoms with Crippen LogP contribution in [-0.2, 0) is 42.3 Å². The van der Waals surface area contributed by atoms with Crippen LogP contribution in [0.3, 0.4) is 0 Å². The first-order valence-corrected chi connectivity index (χ1v) is 9.79. The van der Waals surface area contributed by atoms with Crippen molar-refractivity contribution in [2.24, 2.45) is 0 Å². The van der Waals surface area contributed by atoms with Crippen molar-refractivity contribution in [2.45, 2.75) is 105 Å². The molecule has 0 amide bonds. The summed E-state index contributed by atoms with van der Waals surface area (Å²) in [6.07, 6.45) is 0. The van der Waals surface area contributed by atoms with E-state index in [9.17, 15) is 0 Å². The van der Waals surface area contributed by atoms with Gasteiger partial charge in [0.1, 0.15) is 0 Å². The van der Waals surface area contributed by atoms with E-state index in [1.165, 1.54) is 0 Å². The fourth-order valence-electron chi connectivity index (χ4n) is 3.11. The molecule has 0 fully saturated rings. The molecule has 153 valence electrons. The Morgan fingerprint density at radius 3 is 0.640 bits per heavy atom. The van der Waals surface area contributed by atoms with Gasteiger partial charge in [-0.3, -0.25) is 0 Å². The Morgan fingerprint density at radius 1 is 0.520 bits per heavy atom. The molecule has 1 radical (unpaired) electrons. The largest absolute Gasteiger partial charge is 2.00 e. The van der Waals surface area contributed by atoms with E-state index in [1.807, 2.05) is 0 Å². The Bertz CT molecular complexity index is 368. The van der Waals surface area contributed by atoms with Gasteiger partial charge in [-0.25, -0.2) is 0 Å². The van der Waals surface area contributed by atoms with E-state index < -0.39 is 0 Å². The van der Waals surface area contributed by atoms with E-state index in [4.69, 9.17) is 49.7 Å². The summed E-state index contributed by atoms with van der Waals surface area (Å²) in [5.41, 5.74) is 0.0440. The molecule has 0 saturated carbocycles. The molecule has 0 unspecified atom stereocenters. The minimum absolute atomic E-state index is 0. The van der Waals surface area contributed by atoms with E-state index in [0.717, 1.165) is 0 Å². The van der Waals surface area contributed by atoms with Gasteiger partial charge in [0.15, 0.2) is 0 Å². The van der Waals surface area contributed by atoms with Crippen molar-refractivity contribution in [3.63, 3.8) is 0 Å². The predicted molar refractivity (Wildman–Crippen MR) is 123 cm³/mol. The Balaban J connectivity index is -0.000000372. The van der Waals surface area contributed by atoms with Crippen LogP contribution in [0, 0.1) is 0 Å². The van der Waals surface area contributed by atoms with Crippen molar-refractivity contribution in [1.82, 2.24) is 9.80 Å². The molecule has 7 heteroatoms. The van der Waals surface area contributed by atoms with Gasteiger partial charge >= 0.3 is 17.1 Å². The molecule has 0 spiro atoms. The molecule has 0 bridgehead atoms. The summed E-state index contributed by atoms with van der Waals surface area (Å²) in [7, 11) is 0. The third kappa shape index (κ3) is 11.9. The molecule has 0 saturated heterocycles. The van der Waals surface area contributed by atoms with E-state index in [1.54, 1.807) is 0 Å². The summed E-state index contributed by atoms with van der Waals surface area (Å²) in [6.45, 7) is 25.5. The molecule has 0 rings (SSSR count). The smallest absolute Gasteiger partial charge is 0.411 e. The molecule has 0 aliphatic carbocycles. The average molecular weight is 472 g/mol. The Labute approximate surface area is 189 Å². The van der Waals surface area contributed by atoms with Crippen LogP contribution in [0.25, 0.3) is 0 Å². The van der Waals surface area contributed by atoms with Crippen molar-refractivity contribution < 1.29 is 17.1 Å². The van der Waals surface area contributed by atoms with Gasteiger partial charge in [-0.15, -0.1) is 0 Å². The van der Waals surface area contributed by atoms with Crippen LogP contribution in [0.2, 0.25) is 0 Å². The fourth-order valence-corrected chi connectivity index (χ4v) is 5.30. The molecule has 0 aliphatic rings. The Hall–Kier alpha value is 0.739. The standard InChI is InChI=1S/2C9H19NS2.Cu/c2*1-8(2,3)10(7(11)12)9(4,5)6;/h2*1-6H3,(H,11,12);/q;;+2/p-2. The third-order valence-electron chi connectivity index (χ3n) is 3.05. The van der Waals surface area contributed by atoms with Crippen LogP contribution in [-0.4, -0.2) is 40.6 Å². The maximum atomic E-state index is 5.05. The summed E-state index contributed by atoms with van der Waals surface area (Å²) in [6, 6.07) is 0. The van der Waals surface area contributed by atoms with E-state index >= 15 is 0 Å². The number of rotatable bonds is 0. The number of hydrogen-bond acceptors (Lipinski definition) is 4. The summed E-state index contributed by atoms with van der Waals surface area (Å²) < 4.78 is 1.10. The summed E-state index contributed by atoms with van der Waals surface area (Å²) in [5, 5.41) is 0. The van der Waals surface area contributed by atoms with Gasteiger partial charge in [0, 0.05) is 22.2 Å². The summed E-state index contributed by atoms with van der Waals surface area (Å²) in [5.74, 6) is 0. The number of nitrogens with zero attached hydrogens (tertiary/aromatic N) is 2. The monoisotopic (exact) mass is 471 g/mol. The first-order valence-electron chi connectivity index (χ1n) is 8.16. The normalized spacial score (nSPS) is 12.3. The second kappa shape index (κ2) is 10.3. The zero-order chi connectivity index (χ0) is 20.3. The Morgan fingerprint density at radius 2 is 0.640 bits per heavy atom. The minimum atomic E-state index is 0. The van der Waals surface area contributed by atoms with Crippen LogP contribution >= 0.6 is 24.4 Å². The molecular formula is C18H36CuN2S4. The zero-order valence-electron chi connectivity index (χ0n) is 17.8. The second-order valence-corrected chi connectivity index (χ2v) is 11.9. The number of hydrogen-bond donors (Lipinski definition) is 0. The van der Waals surface area contributed by atoms with Crippen molar-refractivity contribution in [3.8, 4) is 0 Å². The summed E-state index contributed by atoms with van der Waals surface area (Å²) in [4.78, 5) is 4.18. The molecule has 0 heterocycles. The first-order chi connectivity index (χ1) is 10.1. The van der Waals surface area contributed by atoms with Crippen LogP contribution in [0.5, 0.6) is 0 Å². The average Bonchev–Trinajstić information content (AvgIpc) is 2.03. The van der Waals surface area contributed by atoms with Gasteiger partial charge in [0.05, 0.1) is 0 Å².